The van der Waals surface area contributed by atoms with Gasteiger partial charge in [0, 0.05) is 37.8 Å². The third-order valence-corrected chi connectivity index (χ3v) is 3.67. The van der Waals surface area contributed by atoms with Gasteiger partial charge in [-0.2, -0.15) is 5.26 Å². The highest BCUT2D eigenvalue weighted by atomic mass is 35.5. The quantitative estimate of drug-likeness (QED) is 0.819. The lowest BCUT2D eigenvalue weighted by molar-refractivity contribution is -0.274. The standard InChI is InChI=1S/C15H18F3N3O2.2ClH/c1-22-14-10-11(23-15(16,17)18)2-3-12(14)13(4-5-19)21-8-6-20-7-9-21;;/h2-3,10,13,20H,4,6-9H2,1H3;2*1H/t13-;;/m1../s1. The van der Waals surface area contributed by atoms with Crippen molar-refractivity contribution in [2.75, 3.05) is 33.3 Å². The molecule has 1 aliphatic rings. The summed E-state index contributed by atoms with van der Waals surface area (Å²) in [5.41, 5.74) is 0.686. The molecule has 0 radical (unpaired) electrons. The van der Waals surface area contributed by atoms with Gasteiger partial charge in [0.25, 0.3) is 0 Å². The number of nitriles is 1. The zero-order valence-corrected chi connectivity index (χ0v) is 15.1. The van der Waals surface area contributed by atoms with E-state index in [1.54, 1.807) is 0 Å². The van der Waals surface area contributed by atoms with Crippen LogP contribution in [0.25, 0.3) is 0 Å². The Morgan fingerprint density at radius 1 is 1.28 bits per heavy atom. The van der Waals surface area contributed by atoms with Crippen LogP contribution in [0.5, 0.6) is 11.5 Å². The predicted octanol–water partition coefficient (Wildman–Crippen LogP) is 3.30. The minimum Gasteiger partial charge on any atom is -0.496 e. The molecule has 1 N–H and O–H groups in total. The molecular weight excluding hydrogens is 382 g/mol. The minimum absolute atomic E-state index is 0. The molecule has 10 heteroatoms. The summed E-state index contributed by atoms with van der Waals surface area (Å²) in [5, 5.41) is 12.3. The van der Waals surface area contributed by atoms with E-state index in [0.29, 0.717) is 5.56 Å². The van der Waals surface area contributed by atoms with Crippen molar-refractivity contribution in [2.45, 2.75) is 18.8 Å². The van der Waals surface area contributed by atoms with E-state index in [-0.39, 0.29) is 48.8 Å². The van der Waals surface area contributed by atoms with Gasteiger partial charge in [0.1, 0.15) is 11.5 Å². The summed E-state index contributed by atoms with van der Waals surface area (Å²) >= 11 is 0. The maximum absolute atomic E-state index is 12.3. The third-order valence-electron chi connectivity index (χ3n) is 3.67. The zero-order valence-electron chi connectivity index (χ0n) is 13.5. The van der Waals surface area contributed by atoms with Crippen molar-refractivity contribution in [3.8, 4) is 17.6 Å². The maximum atomic E-state index is 12.3. The van der Waals surface area contributed by atoms with Gasteiger partial charge < -0.3 is 14.8 Å². The average molecular weight is 402 g/mol. The van der Waals surface area contributed by atoms with Gasteiger partial charge >= 0.3 is 6.36 Å². The Labute approximate surface area is 156 Å². The molecule has 0 aromatic heterocycles. The smallest absolute Gasteiger partial charge is 0.496 e. The summed E-state index contributed by atoms with van der Waals surface area (Å²) in [5.74, 6) is -0.0559. The second-order valence-electron chi connectivity index (χ2n) is 5.12. The van der Waals surface area contributed by atoms with Gasteiger partial charge in [0.15, 0.2) is 0 Å². The molecule has 1 fully saturated rings. The van der Waals surface area contributed by atoms with Crippen LogP contribution in [0.4, 0.5) is 13.2 Å². The fourth-order valence-electron chi connectivity index (χ4n) is 2.68. The highest BCUT2D eigenvalue weighted by molar-refractivity contribution is 5.85. The molecule has 0 unspecified atom stereocenters. The molecule has 0 amide bonds. The van der Waals surface area contributed by atoms with E-state index < -0.39 is 6.36 Å². The zero-order chi connectivity index (χ0) is 16.9. The molecule has 1 heterocycles. The fraction of sp³-hybridized carbons (Fsp3) is 0.533. The van der Waals surface area contributed by atoms with Crippen LogP contribution < -0.4 is 14.8 Å². The second-order valence-corrected chi connectivity index (χ2v) is 5.12. The molecule has 1 atom stereocenters. The Hall–Kier alpha value is -1.40. The lowest BCUT2D eigenvalue weighted by atomic mass is 10.0. The number of benzene rings is 1. The summed E-state index contributed by atoms with van der Waals surface area (Å²) in [7, 11) is 1.39. The van der Waals surface area contributed by atoms with Crippen LogP contribution in [-0.4, -0.2) is 44.6 Å². The van der Waals surface area contributed by atoms with Crippen LogP contribution in [0.3, 0.4) is 0 Å². The molecule has 1 aromatic rings. The number of hydrogen-bond acceptors (Lipinski definition) is 5. The molecule has 0 spiro atoms. The van der Waals surface area contributed by atoms with Gasteiger partial charge in [-0.3, -0.25) is 4.90 Å². The lowest BCUT2D eigenvalue weighted by Crippen LogP contribution is -2.45. The number of halogens is 5. The highest BCUT2D eigenvalue weighted by Gasteiger charge is 2.32. The molecule has 0 aliphatic carbocycles. The second kappa shape index (κ2) is 10.6. The number of nitrogens with zero attached hydrogens (tertiary/aromatic N) is 2. The number of piperazine rings is 1. The van der Waals surface area contributed by atoms with Gasteiger partial charge in [-0.15, -0.1) is 38.0 Å². The Morgan fingerprint density at radius 2 is 1.92 bits per heavy atom. The summed E-state index contributed by atoms with van der Waals surface area (Å²) < 4.78 is 46.1. The van der Waals surface area contributed by atoms with Crippen LogP contribution in [0.1, 0.15) is 18.0 Å². The van der Waals surface area contributed by atoms with Crippen molar-refractivity contribution in [1.82, 2.24) is 10.2 Å². The van der Waals surface area contributed by atoms with Gasteiger partial charge in [-0.1, -0.05) is 6.07 Å². The summed E-state index contributed by atoms with van der Waals surface area (Å²) in [6.07, 6.45) is -4.52. The molecular formula is C15H20Cl2F3N3O2. The van der Waals surface area contributed by atoms with Crippen LogP contribution >= 0.6 is 24.8 Å². The van der Waals surface area contributed by atoms with Crippen molar-refractivity contribution in [3.05, 3.63) is 23.8 Å². The first-order valence-corrected chi connectivity index (χ1v) is 7.20. The van der Waals surface area contributed by atoms with Crippen molar-refractivity contribution in [1.29, 1.82) is 5.26 Å². The topological polar surface area (TPSA) is 57.5 Å². The fourth-order valence-corrected chi connectivity index (χ4v) is 2.68. The normalized spacial score (nSPS) is 16.0. The van der Waals surface area contributed by atoms with Crippen molar-refractivity contribution in [3.63, 3.8) is 0 Å². The molecule has 1 aliphatic heterocycles. The van der Waals surface area contributed by atoms with E-state index in [4.69, 9.17) is 10.00 Å². The maximum Gasteiger partial charge on any atom is 0.573 e. The molecule has 0 bridgehead atoms. The number of rotatable bonds is 5. The number of alkyl halides is 3. The van der Waals surface area contributed by atoms with E-state index in [2.05, 4.69) is 21.0 Å². The van der Waals surface area contributed by atoms with Crippen LogP contribution in [-0.2, 0) is 0 Å². The van der Waals surface area contributed by atoms with Gasteiger partial charge in [0.05, 0.1) is 25.6 Å². The Bertz CT molecular complexity index is 576. The van der Waals surface area contributed by atoms with Gasteiger partial charge in [0.2, 0.25) is 0 Å². The van der Waals surface area contributed by atoms with E-state index in [1.165, 1.54) is 25.3 Å². The predicted molar refractivity (Wildman–Crippen MR) is 91.6 cm³/mol. The number of methoxy groups -OCH3 is 1. The molecule has 2 rings (SSSR count). The average Bonchev–Trinajstić information content (AvgIpc) is 2.52. The Balaban J connectivity index is 0.00000288. The lowest BCUT2D eigenvalue weighted by Gasteiger charge is -2.34. The number of nitrogens with one attached hydrogen (secondary N) is 1. The largest absolute Gasteiger partial charge is 0.573 e. The summed E-state index contributed by atoms with van der Waals surface area (Å²) in [6, 6.07) is 5.90. The number of ether oxygens (including phenoxy) is 2. The van der Waals surface area contributed by atoms with Crippen molar-refractivity contribution >= 4 is 24.8 Å². The molecule has 1 aromatic carbocycles. The summed E-state index contributed by atoms with van der Waals surface area (Å²) in [6.45, 7) is 3.13. The first-order chi connectivity index (χ1) is 10.9. The van der Waals surface area contributed by atoms with Gasteiger partial charge in [-0.05, 0) is 6.07 Å². The number of hydrogen-bond donors (Lipinski definition) is 1. The SMILES string of the molecule is COc1cc(OC(F)(F)F)ccc1[C@@H](CC#N)N1CCNCC1.Cl.Cl. The molecule has 5 nitrogen and oxygen atoms in total. The highest BCUT2D eigenvalue weighted by Crippen LogP contribution is 2.36. The van der Waals surface area contributed by atoms with Crippen LogP contribution in [0.15, 0.2) is 18.2 Å². The van der Waals surface area contributed by atoms with Gasteiger partial charge in [-0.25, -0.2) is 0 Å². The van der Waals surface area contributed by atoms with E-state index in [0.717, 1.165) is 26.2 Å². The van der Waals surface area contributed by atoms with E-state index in [9.17, 15) is 13.2 Å². The van der Waals surface area contributed by atoms with E-state index >= 15 is 0 Å². The van der Waals surface area contributed by atoms with Crippen LogP contribution in [0, 0.1) is 11.3 Å². The Morgan fingerprint density at radius 3 is 2.44 bits per heavy atom. The minimum atomic E-state index is -4.75. The first-order valence-electron chi connectivity index (χ1n) is 7.20. The summed E-state index contributed by atoms with van der Waals surface area (Å²) in [4.78, 5) is 2.13. The van der Waals surface area contributed by atoms with Crippen LogP contribution in [0.2, 0.25) is 0 Å². The van der Waals surface area contributed by atoms with Crippen molar-refractivity contribution < 1.29 is 22.6 Å². The Kier molecular flexibility index (Phi) is 9.97. The van der Waals surface area contributed by atoms with E-state index in [1.807, 2.05) is 0 Å². The molecule has 142 valence electrons. The molecule has 25 heavy (non-hydrogen) atoms. The first kappa shape index (κ1) is 23.6. The monoisotopic (exact) mass is 401 g/mol. The molecule has 1 saturated heterocycles. The third kappa shape index (κ3) is 6.78. The van der Waals surface area contributed by atoms with Crippen molar-refractivity contribution in [2.24, 2.45) is 0 Å². The molecule has 0 saturated carbocycles.